The van der Waals surface area contributed by atoms with E-state index in [2.05, 4.69) is 5.32 Å². The first-order chi connectivity index (χ1) is 9.19. The van der Waals surface area contributed by atoms with Gasteiger partial charge in [-0.1, -0.05) is 6.92 Å². The van der Waals surface area contributed by atoms with E-state index in [1.807, 2.05) is 11.8 Å². The van der Waals surface area contributed by atoms with Crippen LogP contribution in [-0.4, -0.2) is 48.2 Å². The van der Waals surface area contributed by atoms with E-state index in [1.165, 1.54) is 0 Å². The summed E-state index contributed by atoms with van der Waals surface area (Å²) in [7, 11) is 0. The zero-order valence-corrected chi connectivity index (χ0v) is 12.9. The van der Waals surface area contributed by atoms with Crippen LogP contribution >= 0.6 is 0 Å². The molecule has 1 atom stereocenters. The third kappa shape index (κ3) is 5.77. The van der Waals surface area contributed by atoms with Gasteiger partial charge in [0.05, 0.1) is 5.92 Å². The normalized spacial score (nSPS) is 18.6. The molecule has 0 bridgehead atoms. The van der Waals surface area contributed by atoms with Gasteiger partial charge in [-0.15, -0.1) is 0 Å². The fourth-order valence-electron chi connectivity index (χ4n) is 2.07. The Bertz CT molecular complexity index is 344. The third-order valence-electron chi connectivity index (χ3n) is 3.22. The molecule has 1 rings (SSSR count). The van der Waals surface area contributed by atoms with E-state index < -0.39 is 11.7 Å². The van der Waals surface area contributed by atoms with Crippen molar-refractivity contribution < 1.29 is 14.3 Å². The summed E-state index contributed by atoms with van der Waals surface area (Å²) in [5.74, 6) is -0.190. The summed E-state index contributed by atoms with van der Waals surface area (Å²) in [6.45, 7) is 8.92. The molecular weight excluding hydrogens is 258 g/mol. The highest BCUT2D eigenvalue weighted by Crippen LogP contribution is 2.12. The third-order valence-corrected chi connectivity index (χ3v) is 3.22. The summed E-state index contributed by atoms with van der Waals surface area (Å²) in [4.78, 5) is 25.5. The Kier molecular flexibility index (Phi) is 5.80. The standard InChI is InChI=1S/C14H27N3O3/c1-10(9-16-13(19)20-14(2,3)4)12(18)17-7-5-11(15)6-8-17/h10-11H,5-9,15H2,1-4H3,(H,16,19)/t10-/m1/s1. The van der Waals surface area contributed by atoms with E-state index in [0.29, 0.717) is 13.1 Å². The van der Waals surface area contributed by atoms with Gasteiger partial charge in [-0.05, 0) is 33.6 Å². The molecule has 1 heterocycles. The molecule has 3 N–H and O–H groups in total. The summed E-state index contributed by atoms with van der Waals surface area (Å²) in [5, 5.41) is 2.63. The van der Waals surface area contributed by atoms with Gasteiger partial charge in [0.2, 0.25) is 5.91 Å². The van der Waals surface area contributed by atoms with Crippen molar-refractivity contribution in [2.24, 2.45) is 11.7 Å². The van der Waals surface area contributed by atoms with Crippen LogP contribution < -0.4 is 11.1 Å². The van der Waals surface area contributed by atoms with Gasteiger partial charge in [-0.3, -0.25) is 4.79 Å². The molecule has 0 saturated carbocycles. The molecule has 1 aliphatic rings. The van der Waals surface area contributed by atoms with Crippen molar-refractivity contribution in [3.63, 3.8) is 0 Å². The molecule has 0 aromatic carbocycles. The number of rotatable bonds is 3. The Balaban J connectivity index is 2.33. The van der Waals surface area contributed by atoms with Crippen LogP contribution in [0.2, 0.25) is 0 Å². The molecule has 2 amide bonds. The average molecular weight is 285 g/mol. The van der Waals surface area contributed by atoms with Crippen molar-refractivity contribution in [2.75, 3.05) is 19.6 Å². The molecule has 0 radical (unpaired) electrons. The van der Waals surface area contributed by atoms with Crippen LogP contribution in [0.15, 0.2) is 0 Å². The molecule has 6 heteroatoms. The lowest BCUT2D eigenvalue weighted by Gasteiger charge is -2.32. The summed E-state index contributed by atoms with van der Waals surface area (Å²) in [6.07, 6.45) is 1.20. The fraction of sp³-hybridized carbons (Fsp3) is 0.857. The predicted molar refractivity (Wildman–Crippen MR) is 77.2 cm³/mol. The number of carbonyl (C=O) groups excluding carboxylic acids is 2. The monoisotopic (exact) mass is 285 g/mol. The molecule has 6 nitrogen and oxygen atoms in total. The number of nitrogens with zero attached hydrogens (tertiary/aromatic N) is 1. The summed E-state index contributed by atoms with van der Waals surface area (Å²) in [6, 6.07) is 0.203. The number of hydrogen-bond acceptors (Lipinski definition) is 4. The molecule has 0 spiro atoms. The van der Waals surface area contributed by atoms with Crippen molar-refractivity contribution in [3.05, 3.63) is 0 Å². The highest BCUT2D eigenvalue weighted by Gasteiger charge is 2.25. The first kappa shape index (κ1) is 16.8. The summed E-state index contributed by atoms with van der Waals surface area (Å²) < 4.78 is 5.14. The zero-order valence-electron chi connectivity index (χ0n) is 12.9. The van der Waals surface area contributed by atoms with E-state index in [9.17, 15) is 9.59 Å². The number of amides is 2. The first-order valence-corrected chi connectivity index (χ1v) is 7.20. The molecule has 1 aliphatic heterocycles. The Morgan fingerprint density at radius 1 is 1.35 bits per heavy atom. The number of nitrogens with one attached hydrogen (secondary N) is 1. The minimum absolute atomic E-state index is 0.0629. The van der Waals surface area contributed by atoms with Crippen LogP contribution in [0.5, 0.6) is 0 Å². The van der Waals surface area contributed by atoms with Crippen molar-refractivity contribution in [1.29, 1.82) is 0 Å². The van der Waals surface area contributed by atoms with Crippen LogP contribution in [0.1, 0.15) is 40.5 Å². The second-order valence-corrected chi connectivity index (χ2v) is 6.45. The number of carbonyl (C=O) groups is 2. The Morgan fingerprint density at radius 3 is 2.40 bits per heavy atom. The molecule has 20 heavy (non-hydrogen) atoms. The maximum absolute atomic E-state index is 12.2. The number of ether oxygens (including phenoxy) is 1. The number of hydrogen-bond donors (Lipinski definition) is 2. The van der Waals surface area contributed by atoms with Gasteiger partial charge in [0, 0.05) is 25.7 Å². The van der Waals surface area contributed by atoms with Gasteiger partial charge in [0.25, 0.3) is 0 Å². The smallest absolute Gasteiger partial charge is 0.407 e. The van der Waals surface area contributed by atoms with Gasteiger partial charge in [0.15, 0.2) is 0 Å². The highest BCUT2D eigenvalue weighted by atomic mass is 16.6. The fourth-order valence-corrected chi connectivity index (χ4v) is 2.07. The lowest BCUT2D eigenvalue weighted by Crippen LogP contribution is -2.47. The van der Waals surface area contributed by atoms with Gasteiger partial charge in [0.1, 0.15) is 5.60 Å². The Hall–Kier alpha value is -1.30. The van der Waals surface area contributed by atoms with Crippen molar-refractivity contribution in [1.82, 2.24) is 10.2 Å². The van der Waals surface area contributed by atoms with E-state index in [0.717, 1.165) is 12.8 Å². The van der Waals surface area contributed by atoms with E-state index >= 15 is 0 Å². The second-order valence-electron chi connectivity index (χ2n) is 6.45. The number of nitrogens with two attached hydrogens (primary N) is 1. The van der Waals surface area contributed by atoms with Crippen LogP contribution in [0.3, 0.4) is 0 Å². The molecule has 0 unspecified atom stereocenters. The molecule has 116 valence electrons. The minimum atomic E-state index is -0.527. The molecule has 0 aromatic heterocycles. The largest absolute Gasteiger partial charge is 0.444 e. The topological polar surface area (TPSA) is 84.7 Å². The first-order valence-electron chi connectivity index (χ1n) is 7.20. The van der Waals surface area contributed by atoms with Gasteiger partial charge >= 0.3 is 6.09 Å². The Labute approximate surface area is 121 Å². The summed E-state index contributed by atoms with van der Waals surface area (Å²) in [5.41, 5.74) is 5.29. The van der Waals surface area contributed by atoms with Gasteiger partial charge in [-0.2, -0.15) is 0 Å². The van der Waals surface area contributed by atoms with E-state index in [4.69, 9.17) is 10.5 Å². The molecular formula is C14H27N3O3. The van der Waals surface area contributed by atoms with Crippen LogP contribution in [0, 0.1) is 5.92 Å². The van der Waals surface area contributed by atoms with Gasteiger partial charge in [-0.25, -0.2) is 4.79 Å². The number of alkyl carbamates (subject to hydrolysis) is 1. The van der Waals surface area contributed by atoms with E-state index in [-0.39, 0.29) is 24.4 Å². The summed E-state index contributed by atoms with van der Waals surface area (Å²) >= 11 is 0. The van der Waals surface area contributed by atoms with Crippen LogP contribution in [0.25, 0.3) is 0 Å². The van der Waals surface area contributed by atoms with E-state index in [1.54, 1.807) is 20.8 Å². The maximum atomic E-state index is 12.2. The molecule has 0 aromatic rings. The molecule has 1 saturated heterocycles. The number of piperidine rings is 1. The lowest BCUT2D eigenvalue weighted by atomic mass is 10.0. The second kappa shape index (κ2) is 6.92. The lowest BCUT2D eigenvalue weighted by molar-refractivity contribution is -0.135. The van der Waals surface area contributed by atoms with Crippen molar-refractivity contribution in [3.8, 4) is 0 Å². The van der Waals surface area contributed by atoms with Crippen LogP contribution in [0.4, 0.5) is 4.79 Å². The molecule has 0 aliphatic carbocycles. The quantitative estimate of drug-likeness (QED) is 0.813. The Morgan fingerprint density at radius 2 is 1.90 bits per heavy atom. The average Bonchev–Trinajstić information content (AvgIpc) is 2.34. The molecule has 1 fully saturated rings. The number of likely N-dealkylation sites (tertiary alicyclic amines) is 1. The SMILES string of the molecule is C[C@H](CNC(=O)OC(C)(C)C)C(=O)N1CCC(N)CC1. The predicted octanol–water partition coefficient (Wildman–Crippen LogP) is 1.10. The van der Waals surface area contributed by atoms with Gasteiger partial charge < -0.3 is 20.7 Å². The maximum Gasteiger partial charge on any atom is 0.407 e. The van der Waals surface area contributed by atoms with Crippen LogP contribution in [-0.2, 0) is 9.53 Å². The minimum Gasteiger partial charge on any atom is -0.444 e. The zero-order chi connectivity index (χ0) is 15.3. The highest BCUT2D eigenvalue weighted by molar-refractivity contribution is 5.79. The van der Waals surface area contributed by atoms with Crippen molar-refractivity contribution in [2.45, 2.75) is 52.2 Å². The van der Waals surface area contributed by atoms with Crippen molar-refractivity contribution >= 4 is 12.0 Å².